The van der Waals surface area contributed by atoms with Crippen LogP contribution in [0.25, 0.3) is 0 Å². The first-order valence-electron chi connectivity index (χ1n) is 6.55. The highest BCUT2D eigenvalue weighted by molar-refractivity contribution is 8.00. The van der Waals surface area contributed by atoms with E-state index in [1.807, 2.05) is 13.8 Å². The Morgan fingerprint density at radius 3 is 2.80 bits per heavy atom. The second-order valence-electron chi connectivity index (χ2n) is 4.94. The standard InChI is InChI=1S/C15H23NO3S/c1-11-5-6-12(2)14(7-11)20-10-15(18)16(3)8-13(17)9-19-4/h5-7,13,17H,8-10H2,1-4H3. The molecule has 0 aliphatic heterocycles. The summed E-state index contributed by atoms with van der Waals surface area (Å²) in [5.41, 5.74) is 2.37. The van der Waals surface area contributed by atoms with Crippen molar-refractivity contribution in [3.8, 4) is 0 Å². The molecule has 1 amide bonds. The summed E-state index contributed by atoms with van der Waals surface area (Å²) < 4.78 is 4.85. The first-order chi connectivity index (χ1) is 9.43. The number of aliphatic hydroxyl groups is 1. The van der Waals surface area contributed by atoms with Gasteiger partial charge in [-0.15, -0.1) is 11.8 Å². The zero-order valence-corrected chi connectivity index (χ0v) is 13.4. The SMILES string of the molecule is COCC(O)CN(C)C(=O)CSc1cc(C)ccc1C. The van der Waals surface area contributed by atoms with Crippen molar-refractivity contribution in [1.82, 2.24) is 4.90 Å². The molecule has 1 unspecified atom stereocenters. The van der Waals surface area contributed by atoms with Crippen molar-refractivity contribution in [3.05, 3.63) is 29.3 Å². The topological polar surface area (TPSA) is 49.8 Å². The molecule has 0 aromatic heterocycles. The highest BCUT2D eigenvalue weighted by Gasteiger charge is 2.14. The smallest absolute Gasteiger partial charge is 0.232 e. The van der Waals surface area contributed by atoms with Gasteiger partial charge in [-0.1, -0.05) is 17.7 Å². The maximum absolute atomic E-state index is 12.0. The van der Waals surface area contributed by atoms with Crippen molar-refractivity contribution in [3.63, 3.8) is 0 Å². The summed E-state index contributed by atoms with van der Waals surface area (Å²) in [5.74, 6) is 0.381. The molecule has 1 N–H and O–H groups in total. The van der Waals surface area contributed by atoms with Crippen LogP contribution >= 0.6 is 11.8 Å². The number of benzene rings is 1. The van der Waals surface area contributed by atoms with Gasteiger partial charge in [-0.05, 0) is 25.5 Å². The van der Waals surface area contributed by atoms with E-state index in [2.05, 4.69) is 18.2 Å². The molecule has 5 heteroatoms. The lowest BCUT2D eigenvalue weighted by molar-refractivity contribution is -0.128. The van der Waals surface area contributed by atoms with Crippen molar-refractivity contribution in [2.24, 2.45) is 0 Å². The van der Waals surface area contributed by atoms with Crippen molar-refractivity contribution < 1.29 is 14.6 Å². The molecule has 4 nitrogen and oxygen atoms in total. The fraction of sp³-hybridized carbons (Fsp3) is 0.533. The van der Waals surface area contributed by atoms with E-state index in [4.69, 9.17) is 4.74 Å². The minimum absolute atomic E-state index is 0.00561. The van der Waals surface area contributed by atoms with Crippen LogP contribution in [0.2, 0.25) is 0 Å². The van der Waals surface area contributed by atoms with Gasteiger partial charge in [0.2, 0.25) is 5.91 Å². The molecule has 0 aliphatic rings. The maximum atomic E-state index is 12.0. The van der Waals surface area contributed by atoms with Crippen LogP contribution in [-0.4, -0.2) is 55.1 Å². The Balaban J connectivity index is 2.48. The number of thioether (sulfide) groups is 1. The van der Waals surface area contributed by atoms with Gasteiger partial charge in [-0.3, -0.25) is 4.79 Å². The predicted octanol–water partition coefficient (Wildman–Crippen LogP) is 1.86. The number of hydrogen-bond acceptors (Lipinski definition) is 4. The number of amides is 1. The number of carbonyl (C=O) groups excluding carboxylic acids is 1. The third-order valence-electron chi connectivity index (χ3n) is 2.96. The summed E-state index contributed by atoms with van der Waals surface area (Å²) in [5, 5.41) is 9.61. The zero-order chi connectivity index (χ0) is 15.1. The van der Waals surface area contributed by atoms with Crippen LogP contribution in [-0.2, 0) is 9.53 Å². The predicted molar refractivity (Wildman–Crippen MR) is 82.2 cm³/mol. The van der Waals surface area contributed by atoms with Crippen LogP contribution in [0.3, 0.4) is 0 Å². The van der Waals surface area contributed by atoms with Crippen LogP contribution in [0, 0.1) is 13.8 Å². The van der Waals surface area contributed by atoms with E-state index in [-0.39, 0.29) is 12.5 Å². The Labute approximate surface area is 125 Å². The molecule has 1 aromatic rings. The first kappa shape index (κ1) is 17.0. The molecular weight excluding hydrogens is 274 g/mol. The van der Waals surface area contributed by atoms with Crippen LogP contribution in [0.1, 0.15) is 11.1 Å². The molecule has 0 radical (unpaired) electrons. The van der Waals surface area contributed by atoms with E-state index in [1.165, 1.54) is 30.0 Å². The van der Waals surface area contributed by atoms with Gasteiger partial charge in [0.25, 0.3) is 0 Å². The molecule has 1 atom stereocenters. The molecule has 0 aliphatic carbocycles. The summed E-state index contributed by atoms with van der Waals surface area (Å²) in [4.78, 5) is 14.7. The third kappa shape index (κ3) is 5.53. The van der Waals surface area contributed by atoms with Gasteiger partial charge in [-0.25, -0.2) is 0 Å². The first-order valence-corrected chi connectivity index (χ1v) is 7.53. The normalized spacial score (nSPS) is 12.2. The Morgan fingerprint density at radius 2 is 2.15 bits per heavy atom. The minimum Gasteiger partial charge on any atom is -0.389 e. The fourth-order valence-corrected chi connectivity index (χ4v) is 2.84. The van der Waals surface area contributed by atoms with Crippen LogP contribution in [0.5, 0.6) is 0 Å². The largest absolute Gasteiger partial charge is 0.389 e. The molecule has 20 heavy (non-hydrogen) atoms. The second-order valence-corrected chi connectivity index (χ2v) is 5.96. The molecule has 0 fully saturated rings. The third-order valence-corrected chi connectivity index (χ3v) is 4.11. The number of rotatable bonds is 7. The van der Waals surface area contributed by atoms with Crippen LogP contribution in [0.15, 0.2) is 23.1 Å². The molecule has 0 saturated heterocycles. The number of hydrogen-bond donors (Lipinski definition) is 1. The highest BCUT2D eigenvalue weighted by atomic mass is 32.2. The number of nitrogens with zero attached hydrogens (tertiary/aromatic N) is 1. The quantitative estimate of drug-likeness (QED) is 0.781. The highest BCUT2D eigenvalue weighted by Crippen LogP contribution is 2.23. The molecule has 0 spiro atoms. The number of likely N-dealkylation sites (N-methyl/N-ethyl adjacent to an activating group) is 1. The molecule has 0 heterocycles. The number of aliphatic hydroxyl groups excluding tert-OH is 1. The van der Waals surface area contributed by atoms with E-state index in [0.29, 0.717) is 12.3 Å². The Morgan fingerprint density at radius 1 is 1.45 bits per heavy atom. The minimum atomic E-state index is -0.639. The lowest BCUT2D eigenvalue weighted by Gasteiger charge is -2.20. The average molecular weight is 297 g/mol. The van der Waals surface area contributed by atoms with Gasteiger partial charge in [0.1, 0.15) is 0 Å². The number of aryl methyl sites for hydroxylation is 2. The molecule has 1 rings (SSSR count). The fourth-order valence-electron chi connectivity index (χ4n) is 1.78. The summed E-state index contributed by atoms with van der Waals surface area (Å²) >= 11 is 1.53. The number of carbonyl (C=O) groups is 1. The monoisotopic (exact) mass is 297 g/mol. The van der Waals surface area contributed by atoms with E-state index in [1.54, 1.807) is 11.9 Å². The summed E-state index contributed by atoms with van der Waals surface area (Å²) in [7, 11) is 3.23. The van der Waals surface area contributed by atoms with Crippen molar-refractivity contribution >= 4 is 17.7 Å². The average Bonchev–Trinajstić information content (AvgIpc) is 2.39. The second kappa shape index (κ2) is 8.29. The molecule has 1 aromatic carbocycles. The van der Waals surface area contributed by atoms with Gasteiger partial charge in [0.15, 0.2) is 0 Å². The zero-order valence-electron chi connectivity index (χ0n) is 12.5. The van der Waals surface area contributed by atoms with E-state index < -0.39 is 6.10 Å². The van der Waals surface area contributed by atoms with E-state index >= 15 is 0 Å². The number of ether oxygens (including phenoxy) is 1. The summed E-state index contributed by atoms with van der Waals surface area (Å²) in [6.45, 7) is 4.61. The van der Waals surface area contributed by atoms with Crippen molar-refractivity contribution in [2.45, 2.75) is 24.8 Å². The van der Waals surface area contributed by atoms with Crippen LogP contribution in [0.4, 0.5) is 0 Å². The van der Waals surface area contributed by atoms with E-state index in [0.717, 1.165) is 4.90 Å². The van der Waals surface area contributed by atoms with Gasteiger partial charge in [0, 0.05) is 25.6 Å². The maximum Gasteiger partial charge on any atom is 0.232 e. The summed E-state index contributed by atoms with van der Waals surface area (Å²) in [6, 6.07) is 6.22. The Hall–Kier alpha value is -1.04. The Kier molecular flexibility index (Phi) is 7.05. The van der Waals surface area contributed by atoms with Crippen molar-refractivity contribution in [2.75, 3.05) is 33.1 Å². The van der Waals surface area contributed by atoms with Gasteiger partial charge in [0.05, 0.1) is 18.5 Å². The molecule has 112 valence electrons. The van der Waals surface area contributed by atoms with Gasteiger partial charge >= 0.3 is 0 Å². The lowest BCUT2D eigenvalue weighted by atomic mass is 10.2. The van der Waals surface area contributed by atoms with Crippen LogP contribution < -0.4 is 0 Å². The molecule has 0 saturated carbocycles. The Bertz CT molecular complexity index is 451. The van der Waals surface area contributed by atoms with Crippen molar-refractivity contribution in [1.29, 1.82) is 0 Å². The van der Waals surface area contributed by atoms with E-state index in [9.17, 15) is 9.90 Å². The number of methoxy groups -OCH3 is 1. The lowest BCUT2D eigenvalue weighted by Crippen LogP contribution is -2.37. The van der Waals surface area contributed by atoms with Gasteiger partial charge < -0.3 is 14.7 Å². The molecular formula is C15H23NO3S. The summed E-state index contributed by atoms with van der Waals surface area (Å²) in [6.07, 6.45) is -0.639. The van der Waals surface area contributed by atoms with Gasteiger partial charge in [-0.2, -0.15) is 0 Å². The molecule has 0 bridgehead atoms.